The van der Waals surface area contributed by atoms with E-state index in [1.54, 1.807) is 10.9 Å². The van der Waals surface area contributed by atoms with Gasteiger partial charge in [0.05, 0.1) is 19.0 Å². The number of hydrogen-bond acceptors (Lipinski definition) is 6. The third-order valence-electron chi connectivity index (χ3n) is 3.24. The number of ether oxygens (including phenoxy) is 2. The zero-order chi connectivity index (χ0) is 13.9. The molecule has 0 aromatic carbocycles. The minimum Gasteiger partial charge on any atom is -0.473 e. The van der Waals surface area contributed by atoms with Crippen molar-refractivity contribution in [3.05, 3.63) is 12.7 Å². The molecular weight excluding hydrogens is 267 g/mol. The molecule has 2 aromatic rings. The summed E-state index contributed by atoms with van der Waals surface area (Å²) in [6.45, 7) is -0.648. The van der Waals surface area contributed by atoms with Gasteiger partial charge in [0.25, 0.3) is 0 Å². The van der Waals surface area contributed by atoms with Crippen LogP contribution in [0, 0.1) is 0 Å². The van der Waals surface area contributed by atoms with Gasteiger partial charge in [-0.2, -0.15) is 4.98 Å². The molecule has 0 unspecified atom stereocenters. The van der Waals surface area contributed by atoms with Crippen molar-refractivity contribution < 1.29 is 19.0 Å². The van der Waals surface area contributed by atoms with Crippen molar-refractivity contribution >= 4 is 11.2 Å². The highest BCUT2D eigenvalue weighted by Crippen LogP contribution is 2.31. The van der Waals surface area contributed by atoms with Gasteiger partial charge in [0.1, 0.15) is 25.8 Å². The van der Waals surface area contributed by atoms with E-state index in [1.165, 1.54) is 6.33 Å². The van der Waals surface area contributed by atoms with E-state index in [-0.39, 0.29) is 31.4 Å². The number of imidazole rings is 1. The van der Waals surface area contributed by atoms with Gasteiger partial charge in [-0.15, -0.1) is 0 Å². The average molecular weight is 282 g/mol. The highest BCUT2D eigenvalue weighted by atomic mass is 19.1. The third kappa shape index (κ3) is 2.32. The summed E-state index contributed by atoms with van der Waals surface area (Å²) in [6, 6.07) is 0. The van der Waals surface area contributed by atoms with Crippen LogP contribution in [0.25, 0.3) is 11.2 Å². The Bertz CT molecular complexity index is 591. The number of nitrogens with zero attached hydrogens (tertiary/aromatic N) is 4. The lowest BCUT2D eigenvalue weighted by Crippen LogP contribution is -2.14. The number of rotatable bonds is 5. The van der Waals surface area contributed by atoms with Crippen LogP contribution >= 0.6 is 0 Å². The molecule has 1 N–H and O–H groups in total. The van der Waals surface area contributed by atoms with Crippen LogP contribution in [-0.2, 0) is 4.74 Å². The summed E-state index contributed by atoms with van der Waals surface area (Å²) in [5.74, 6) is 0.267. The SMILES string of the molecule is OC[C@@H]1CC[C@H](n2cnc3c(OCCF)ncnc32)O1. The van der Waals surface area contributed by atoms with Crippen molar-refractivity contribution in [3.8, 4) is 5.88 Å². The van der Waals surface area contributed by atoms with E-state index in [0.717, 1.165) is 12.8 Å². The number of aliphatic hydroxyl groups is 1. The summed E-state index contributed by atoms with van der Waals surface area (Å²) in [7, 11) is 0. The molecule has 0 radical (unpaired) electrons. The maximum absolute atomic E-state index is 12.2. The minimum atomic E-state index is -0.587. The molecule has 0 bridgehead atoms. The van der Waals surface area contributed by atoms with Gasteiger partial charge in [0, 0.05) is 0 Å². The normalized spacial score (nSPS) is 22.5. The van der Waals surface area contributed by atoms with Gasteiger partial charge < -0.3 is 14.6 Å². The Kier molecular flexibility index (Phi) is 3.75. The molecule has 3 heterocycles. The molecule has 20 heavy (non-hydrogen) atoms. The maximum Gasteiger partial charge on any atom is 0.245 e. The van der Waals surface area contributed by atoms with Crippen LogP contribution in [0.1, 0.15) is 19.1 Å². The minimum absolute atomic E-state index is 0.00295. The van der Waals surface area contributed by atoms with Crippen molar-refractivity contribution in [1.29, 1.82) is 0 Å². The second-order valence-electron chi connectivity index (χ2n) is 4.51. The molecule has 1 fully saturated rings. The first-order valence-electron chi connectivity index (χ1n) is 6.46. The summed E-state index contributed by atoms with van der Waals surface area (Å²) < 4.78 is 24.9. The molecule has 7 nitrogen and oxygen atoms in total. The molecule has 0 saturated carbocycles. The summed E-state index contributed by atoms with van der Waals surface area (Å²) in [4.78, 5) is 12.4. The van der Waals surface area contributed by atoms with Gasteiger partial charge in [-0.05, 0) is 12.8 Å². The lowest BCUT2D eigenvalue weighted by molar-refractivity contribution is -0.0207. The summed E-state index contributed by atoms with van der Waals surface area (Å²) in [5.41, 5.74) is 1.06. The van der Waals surface area contributed by atoms with Crippen molar-refractivity contribution in [3.63, 3.8) is 0 Å². The Morgan fingerprint density at radius 2 is 2.30 bits per heavy atom. The average Bonchev–Trinajstić information content (AvgIpc) is 3.10. The Balaban J connectivity index is 1.90. The van der Waals surface area contributed by atoms with E-state index in [1.807, 2.05) is 0 Å². The highest BCUT2D eigenvalue weighted by Gasteiger charge is 2.27. The quantitative estimate of drug-likeness (QED) is 0.875. The van der Waals surface area contributed by atoms with E-state index < -0.39 is 6.67 Å². The molecule has 2 aromatic heterocycles. The maximum atomic E-state index is 12.2. The van der Waals surface area contributed by atoms with Crippen molar-refractivity contribution in [2.24, 2.45) is 0 Å². The molecule has 0 spiro atoms. The molecule has 0 amide bonds. The van der Waals surface area contributed by atoms with E-state index in [9.17, 15) is 4.39 Å². The standard InChI is InChI=1S/C12H15FN4O3/c13-3-4-19-12-10-11(14-6-15-12)17(7-16-10)9-2-1-8(5-18)20-9/h6-9,18H,1-5H2/t8-,9+/m0/s1. The first-order valence-corrected chi connectivity index (χ1v) is 6.46. The molecule has 1 aliphatic rings. The number of alkyl halides is 1. The number of halogens is 1. The van der Waals surface area contributed by atoms with Crippen LogP contribution in [0.5, 0.6) is 5.88 Å². The van der Waals surface area contributed by atoms with Crippen molar-refractivity contribution in [1.82, 2.24) is 19.5 Å². The molecule has 1 saturated heterocycles. The fraction of sp³-hybridized carbons (Fsp3) is 0.583. The highest BCUT2D eigenvalue weighted by molar-refractivity contribution is 5.75. The Hall–Kier alpha value is -1.80. The van der Waals surface area contributed by atoms with Gasteiger partial charge >= 0.3 is 0 Å². The zero-order valence-electron chi connectivity index (χ0n) is 10.8. The van der Waals surface area contributed by atoms with Crippen LogP contribution in [0.3, 0.4) is 0 Å². The molecular formula is C12H15FN4O3. The van der Waals surface area contributed by atoms with Gasteiger partial charge in [-0.1, -0.05) is 0 Å². The van der Waals surface area contributed by atoms with Gasteiger partial charge in [0.15, 0.2) is 11.2 Å². The number of hydrogen-bond donors (Lipinski definition) is 1. The number of aromatic nitrogens is 4. The van der Waals surface area contributed by atoms with Crippen LogP contribution in [0.4, 0.5) is 4.39 Å². The second kappa shape index (κ2) is 5.68. The first kappa shape index (κ1) is 13.2. The summed E-state index contributed by atoms with van der Waals surface area (Å²) in [6.07, 6.45) is 4.17. The van der Waals surface area contributed by atoms with E-state index in [4.69, 9.17) is 14.6 Å². The fourth-order valence-corrected chi connectivity index (χ4v) is 2.31. The van der Waals surface area contributed by atoms with Crippen molar-refractivity contribution in [2.45, 2.75) is 25.2 Å². The number of aliphatic hydroxyl groups excluding tert-OH is 1. The summed E-state index contributed by atoms with van der Waals surface area (Å²) in [5, 5.41) is 9.10. The van der Waals surface area contributed by atoms with Gasteiger partial charge in [-0.3, -0.25) is 4.57 Å². The monoisotopic (exact) mass is 282 g/mol. The van der Waals surface area contributed by atoms with E-state index in [2.05, 4.69) is 15.0 Å². The predicted octanol–water partition coefficient (Wildman–Crippen LogP) is 0.845. The summed E-state index contributed by atoms with van der Waals surface area (Å²) >= 11 is 0. The second-order valence-corrected chi connectivity index (χ2v) is 4.51. The van der Waals surface area contributed by atoms with Gasteiger partial charge in [0.2, 0.25) is 5.88 Å². The zero-order valence-corrected chi connectivity index (χ0v) is 10.8. The molecule has 108 valence electrons. The first-order chi connectivity index (χ1) is 9.83. The van der Waals surface area contributed by atoms with Crippen LogP contribution in [0.2, 0.25) is 0 Å². The lowest BCUT2D eigenvalue weighted by Gasteiger charge is -2.13. The lowest BCUT2D eigenvalue weighted by atomic mass is 10.2. The van der Waals surface area contributed by atoms with E-state index >= 15 is 0 Å². The topological polar surface area (TPSA) is 82.3 Å². The Morgan fingerprint density at radius 3 is 3.05 bits per heavy atom. The van der Waals surface area contributed by atoms with Crippen LogP contribution in [0.15, 0.2) is 12.7 Å². The third-order valence-corrected chi connectivity index (χ3v) is 3.24. The molecule has 2 atom stereocenters. The Labute approximate surface area is 114 Å². The molecule has 1 aliphatic heterocycles. The van der Waals surface area contributed by atoms with E-state index in [0.29, 0.717) is 11.2 Å². The molecule has 0 aliphatic carbocycles. The fourth-order valence-electron chi connectivity index (χ4n) is 2.31. The van der Waals surface area contributed by atoms with Gasteiger partial charge in [-0.25, -0.2) is 14.4 Å². The Morgan fingerprint density at radius 1 is 1.40 bits per heavy atom. The largest absolute Gasteiger partial charge is 0.473 e. The van der Waals surface area contributed by atoms with Crippen LogP contribution < -0.4 is 4.74 Å². The smallest absolute Gasteiger partial charge is 0.245 e. The molecule has 8 heteroatoms. The van der Waals surface area contributed by atoms with Crippen molar-refractivity contribution in [2.75, 3.05) is 19.9 Å². The van der Waals surface area contributed by atoms with Crippen LogP contribution in [-0.4, -0.2) is 50.6 Å². The predicted molar refractivity (Wildman–Crippen MR) is 67.0 cm³/mol. The number of fused-ring (bicyclic) bond motifs is 1. The molecule has 3 rings (SSSR count).